The highest BCUT2D eigenvalue weighted by molar-refractivity contribution is 5.97. The molecule has 0 bridgehead atoms. The molecule has 0 unspecified atom stereocenters. The van der Waals surface area contributed by atoms with Gasteiger partial charge in [0.05, 0.1) is 11.3 Å². The lowest BCUT2D eigenvalue weighted by Crippen LogP contribution is -2.02. The molecule has 0 aromatic carbocycles. The highest BCUT2D eigenvalue weighted by Gasteiger charge is 2.17. The monoisotopic (exact) mass is 253 g/mol. The fourth-order valence-corrected chi connectivity index (χ4v) is 2.11. The molecule has 0 aliphatic heterocycles. The van der Waals surface area contributed by atoms with Crippen molar-refractivity contribution >= 4 is 11.3 Å². The van der Waals surface area contributed by atoms with Crippen LogP contribution < -0.4 is 5.73 Å². The lowest BCUT2D eigenvalue weighted by Gasteiger charge is -2.06. The van der Waals surface area contributed by atoms with Gasteiger partial charge in [0.25, 0.3) is 0 Å². The first-order valence-corrected chi connectivity index (χ1v) is 5.93. The molecule has 19 heavy (non-hydrogen) atoms. The van der Waals surface area contributed by atoms with Crippen LogP contribution in [0.15, 0.2) is 28.9 Å². The minimum atomic E-state index is 0.439. The molecule has 0 spiro atoms. The van der Waals surface area contributed by atoms with Crippen LogP contribution in [-0.4, -0.2) is 4.98 Å². The second kappa shape index (κ2) is 4.99. The van der Waals surface area contributed by atoms with Gasteiger partial charge in [0.1, 0.15) is 17.6 Å². The summed E-state index contributed by atoms with van der Waals surface area (Å²) >= 11 is 0. The number of aromatic nitrogens is 1. The van der Waals surface area contributed by atoms with E-state index in [9.17, 15) is 5.26 Å². The van der Waals surface area contributed by atoms with Crippen molar-refractivity contribution in [3.8, 4) is 6.07 Å². The largest absolute Gasteiger partial charge is 0.466 e. The summed E-state index contributed by atoms with van der Waals surface area (Å²) in [7, 11) is 0. The number of nitriles is 1. The molecule has 0 saturated heterocycles. The van der Waals surface area contributed by atoms with Crippen molar-refractivity contribution in [3.05, 3.63) is 52.7 Å². The van der Waals surface area contributed by atoms with E-state index >= 15 is 0 Å². The minimum absolute atomic E-state index is 0.439. The summed E-state index contributed by atoms with van der Waals surface area (Å²) in [4.78, 5) is 3.94. The quantitative estimate of drug-likeness (QED) is 0.835. The Labute approximate surface area is 112 Å². The molecule has 0 radical (unpaired) electrons. The van der Waals surface area contributed by atoms with Gasteiger partial charge in [0.2, 0.25) is 0 Å². The first kappa shape index (κ1) is 12.9. The Morgan fingerprint density at radius 3 is 2.32 bits per heavy atom. The Bertz CT molecular complexity index is 675. The molecule has 4 heteroatoms. The number of aryl methyl sites for hydroxylation is 2. The first-order valence-electron chi connectivity index (χ1n) is 5.93. The number of rotatable bonds is 2. The molecule has 0 aliphatic carbocycles. The van der Waals surface area contributed by atoms with Crippen molar-refractivity contribution in [2.75, 3.05) is 0 Å². The molecule has 4 nitrogen and oxygen atoms in total. The average molecular weight is 253 g/mol. The van der Waals surface area contributed by atoms with E-state index in [2.05, 4.69) is 11.1 Å². The Morgan fingerprint density at radius 1 is 1.21 bits per heavy atom. The van der Waals surface area contributed by atoms with Crippen LogP contribution in [0.1, 0.15) is 28.2 Å². The van der Waals surface area contributed by atoms with E-state index in [4.69, 9.17) is 10.2 Å². The summed E-state index contributed by atoms with van der Waals surface area (Å²) in [6, 6.07) is 5.70. The predicted octanol–water partition coefficient (Wildman–Crippen LogP) is 2.95. The van der Waals surface area contributed by atoms with E-state index < -0.39 is 0 Å². The molecule has 0 saturated carbocycles. The third kappa shape index (κ3) is 2.23. The van der Waals surface area contributed by atoms with Crippen LogP contribution >= 0.6 is 0 Å². The van der Waals surface area contributed by atoms with E-state index in [0.29, 0.717) is 11.3 Å². The normalized spacial score (nSPS) is 11.9. The molecule has 0 fully saturated rings. The van der Waals surface area contributed by atoms with Gasteiger partial charge < -0.3 is 10.2 Å². The average Bonchev–Trinajstić information content (AvgIpc) is 2.65. The predicted molar refractivity (Wildman–Crippen MR) is 73.8 cm³/mol. The van der Waals surface area contributed by atoms with E-state index in [0.717, 1.165) is 28.2 Å². The third-order valence-corrected chi connectivity index (χ3v) is 3.18. The maximum atomic E-state index is 9.36. The number of nitrogens with zero attached hydrogens (tertiary/aromatic N) is 2. The van der Waals surface area contributed by atoms with Crippen LogP contribution in [0.5, 0.6) is 0 Å². The highest BCUT2D eigenvalue weighted by Crippen LogP contribution is 2.29. The summed E-state index contributed by atoms with van der Waals surface area (Å²) in [5.41, 5.74) is 9.60. The van der Waals surface area contributed by atoms with Gasteiger partial charge in [-0.3, -0.25) is 4.98 Å². The fourth-order valence-electron chi connectivity index (χ4n) is 2.11. The van der Waals surface area contributed by atoms with Crippen molar-refractivity contribution in [1.29, 1.82) is 5.26 Å². The number of hydrogen-bond acceptors (Lipinski definition) is 4. The van der Waals surface area contributed by atoms with E-state index in [1.807, 2.05) is 20.8 Å². The lowest BCUT2D eigenvalue weighted by atomic mass is 9.99. The second-order valence-electron chi connectivity index (χ2n) is 4.35. The Kier molecular flexibility index (Phi) is 3.39. The fraction of sp³-hybridized carbons (Fsp3) is 0.200. The van der Waals surface area contributed by atoms with Gasteiger partial charge in [-0.05, 0) is 44.0 Å². The smallest absolute Gasteiger partial charge is 0.110 e. The minimum Gasteiger partial charge on any atom is -0.466 e. The number of nitrogens with two attached hydrogens (primary N) is 1. The van der Waals surface area contributed by atoms with Gasteiger partial charge in [-0.1, -0.05) is 0 Å². The number of allylic oxidation sites excluding steroid dienone is 1. The number of furan rings is 1. The molecule has 2 heterocycles. The molecule has 2 rings (SSSR count). The topological polar surface area (TPSA) is 75.8 Å². The maximum absolute atomic E-state index is 9.36. The van der Waals surface area contributed by atoms with Crippen molar-refractivity contribution in [2.24, 2.45) is 5.73 Å². The standard InChI is InChI=1S/C15H15N3O/c1-9-10(2)19-11(3)14(9)15(17)13(8-16)12-4-6-18-7-5-12/h4-7H,17H2,1-3H3/b15-13+. The molecule has 2 aromatic heterocycles. The van der Waals surface area contributed by atoms with Crippen molar-refractivity contribution in [3.63, 3.8) is 0 Å². The summed E-state index contributed by atoms with van der Waals surface area (Å²) in [5.74, 6) is 1.55. The van der Waals surface area contributed by atoms with Crippen LogP contribution in [0.25, 0.3) is 11.3 Å². The zero-order valence-electron chi connectivity index (χ0n) is 11.2. The summed E-state index contributed by atoms with van der Waals surface area (Å²) < 4.78 is 5.56. The Morgan fingerprint density at radius 2 is 1.84 bits per heavy atom. The van der Waals surface area contributed by atoms with E-state index in [1.54, 1.807) is 24.5 Å². The molecular formula is C15H15N3O. The van der Waals surface area contributed by atoms with E-state index in [1.165, 1.54) is 0 Å². The third-order valence-electron chi connectivity index (χ3n) is 3.18. The summed E-state index contributed by atoms with van der Waals surface area (Å²) in [6.45, 7) is 5.68. The van der Waals surface area contributed by atoms with Crippen LogP contribution in [0.4, 0.5) is 0 Å². The zero-order valence-corrected chi connectivity index (χ0v) is 11.2. The number of pyridine rings is 1. The first-order chi connectivity index (χ1) is 9.06. The molecule has 2 aromatic rings. The maximum Gasteiger partial charge on any atom is 0.110 e. The van der Waals surface area contributed by atoms with Crippen LogP contribution in [0, 0.1) is 32.1 Å². The molecule has 0 amide bonds. The molecule has 0 aliphatic rings. The van der Waals surface area contributed by atoms with Gasteiger partial charge in [0.15, 0.2) is 0 Å². The zero-order chi connectivity index (χ0) is 14.0. The van der Waals surface area contributed by atoms with E-state index in [-0.39, 0.29) is 0 Å². The van der Waals surface area contributed by atoms with Gasteiger partial charge >= 0.3 is 0 Å². The van der Waals surface area contributed by atoms with Crippen LogP contribution in [-0.2, 0) is 0 Å². The second-order valence-corrected chi connectivity index (χ2v) is 4.35. The molecule has 96 valence electrons. The van der Waals surface area contributed by atoms with Crippen molar-refractivity contribution in [1.82, 2.24) is 4.98 Å². The van der Waals surface area contributed by atoms with Gasteiger partial charge in [-0.25, -0.2) is 0 Å². The highest BCUT2D eigenvalue weighted by atomic mass is 16.3. The SMILES string of the molecule is Cc1oc(C)c(/C(N)=C(/C#N)c2ccncc2)c1C. The summed E-state index contributed by atoms with van der Waals surface area (Å²) in [5, 5.41) is 9.36. The summed E-state index contributed by atoms with van der Waals surface area (Å²) in [6.07, 6.45) is 3.28. The Balaban J connectivity index is 2.66. The molecule has 2 N–H and O–H groups in total. The Hall–Kier alpha value is -2.54. The van der Waals surface area contributed by atoms with Crippen LogP contribution in [0.3, 0.4) is 0 Å². The molecular weight excluding hydrogens is 238 g/mol. The van der Waals surface area contributed by atoms with Crippen molar-refractivity contribution < 1.29 is 4.42 Å². The van der Waals surface area contributed by atoms with Gasteiger partial charge in [-0.15, -0.1) is 0 Å². The van der Waals surface area contributed by atoms with Gasteiger partial charge in [-0.2, -0.15) is 5.26 Å². The number of hydrogen-bond donors (Lipinski definition) is 1. The lowest BCUT2D eigenvalue weighted by molar-refractivity contribution is 0.502. The van der Waals surface area contributed by atoms with Crippen molar-refractivity contribution in [2.45, 2.75) is 20.8 Å². The van der Waals surface area contributed by atoms with Crippen LogP contribution in [0.2, 0.25) is 0 Å². The van der Waals surface area contributed by atoms with Gasteiger partial charge in [0, 0.05) is 18.0 Å². The molecule has 0 atom stereocenters.